The molecule has 1 atom stereocenters. The number of hydrogen-bond donors (Lipinski definition) is 1. The molecule has 4 nitrogen and oxygen atoms in total. The molecule has 1 fully saturated rings. The van der Waals surface area contributed by atoms with Crippen molar-refractivity contribution >= 4 is 11.6 Å². The number of hydrogen-bond acceptors (Lipinski definition) is 4. The average molecular weight is 259 g/mol. The third-order valence-electron chi connectivity index (χ3n) is 2.92. The van der Waals surface area contributed by atoms with Crippen molar-refractivity contribution in [3.8, 4) is 0 Å². The highest BCUT2D eigenvalue weighted by atomic mass is 16.5. The Morgan fingerprint density at radius 2 is 2.16 bits per heavy atom. The zero-order chi connectivity index (χ0) is 13.7. The SMILES string of the molecule is CC(=O)/C=C1/NCCC(OCc2ccccc2)C1=O. The van der Waals surface area contributed by atoms with Crippen LogP contribution in [0.1, 0.15) is 18.9 Å². The normalized spacial score (nSPS) is 21.2. The molecule has 19 heavy (non-hydrogen) atoms. The van der Waals surface area contributed by atoms with Crippen LogP contribution in [0.25, 0.3) is 0 Å². The molecule has 1 aliphatic rings. The summed E-state index contributed by atoms with van der Waals surface area (Å²) in [4.78, 5) is 23.1. The molecule has 1 N–H and O–H groups in total. The van der Waals surface area contributed by atoms with E-state index >= 15 is 0 Å². The predicted octanol–water partition coefficient (Wildman–Crippen LogP) is 1.61. The van der Waals surface area contributed by atoms with E-state index in [1.807, 2.05) is 30.3 Å². The van der Waals surface area contributed by atoms with Gasteiger partial charge in [0.2, 0.25) is 5.78 Å². The topological polar surface area (TPSA) is 55.4 Å². The van der Waals surface area contributed by atoms with E-state index in [0.29, 0.717) is 25.3 Å². The number of nitrogens with one attached hydrogen (secondary N) is 1. The van der Waals surface area contributed by atoms with Crippen molar-refractivity contribution in [2.24, 2.45) is 0 Å². The van der Waals surface area contributed by atoms with E-state index in [1.165, 1.54) is 13.0 Å². The first-order valence-corrected chi connectivity index (χ1v) is 6.32. The van der Waals surface area contributed by atoms with Crippen LogP contribution >= 0.6 is 0 Å². The van der Waals surface area contributed by atoms with Gasteiger partial charge in [-0.15, -0.1) is 0 Å². The molecule has 1 saturated heterocycles. The van der Waals surface area contributed by atoms with E-state index in [9.17, 15) is 9.59 Å². The summed E-state index contributed by atoms with van der Waals surface area (Å²) >= 11 is 0. The Morgan fingerprint density at radius 3 is 2.84 bits per heavy atom. The summed E-state index contributed by atoms with van der Waals surface area (Å²) in [6.07, 6.45) is 1.49. The number of benzene rings is 1. The highest BCUT2D eigenvalue weighted by Crippen LogP contribution is 2.14. The highest BCUT2D eigenvalue weighted by molar-refractivity contribution is 6.04. The lowest BCUT2D eigenvalue weighted by molar-refractivity contribution is -0.130. The van der Waals surface area contributed by atoms with Gasteiger partial charge in [0.25, 0.3) is 0 Å². The maximum absolute atomic E-state index is 12.1. The van der Waals surface area contributed by atoms with Crippen molar-refractivity contribution in [2.45, 2.75) is 26.1 Å². The fraction of sp³-hybridized carbons (Fsp3) is 0.333. The summed E-state index contributed by atoms with van der Waals surface area (Å²) in [6, 6.07) is 9.72. The van der Waals surface area contributed by atoms with Crippen LogP contribution in [0.4, 0.5) is 0 Å². The summed E-state index contributed by atoms with van der Waals surface area (Å²) in [5, 5.41) is 2.94. The molecule has 1 aromatic carbocycles. The fourth-order valence-electron chi connectivity index (χ4n) is 1.99. The van der Waals surface area contributed by atoms with E-state index in [0.717, 1.165) is 5.56 Å². The molecule has 2 rings (SSSR count). The quantitative estimate of drug-likeness (QED) is 0.835. The molecule has 1 unspecified atom stereocenters. The number of rotatable bonds is 4. The monoisotopic (exact) mass is 259 g/mol. The molecule has 0 bridgehead atoms. The van der Waals surface area contributed by atoms with Crippen molar-refractivity contribution in [3.05, 3.63) is 47.7 Å². The van der Waals surface area contributed by atoms with Crippen molar-refractivity contribution in [3.63, 3.8) is 0 Å². The lowest BCUT2D eigenvalue weighted by atomic mass is 10.0. The molecule has 1 heterocycles. The highest BCUT2D eigenvalue weighted by Gasteiger charge is 2.27. The Morgan fingerprint density at radius 1 is 1.42 bits per heavy atom. The minimum atomic E-state index is -0.466. The maximum Gasteiger partial charge on any atom is 0.207 e. The molecular weight excluding hydrogens is 242 g/mol. The van der Waals surface area contributed by atoms with Crippen molar-refractivity contribution in [1.82, 2.24) is 5.32 Å². The van der Waals surface area contributed by atoms with Gasteiger partial charge in [0.05, 0.1) is 12.3 Å². The van der Waals surface area contributed by atoms with Crippen LogP contribution in [-0.2, 0) is 20.9 Å². The van der Waals surface area contributed by atoms with Crippen LogP contribution in [-0.4, -0.2) is 24.2 Å². The van der Waals surface area contributed by atoms with Gasteiger partial charge in [-0.2, -0.15) is 0 Å². The van der Waals surface area contributed by atoms with E-state index in [-0.39, 0.29) is 11.6 Å². The average Bonchev–Trinajstić information content (AvgIpc) is 2.40. The van der Waals surface area contributed by atoms with Gasteiger partial charge in [-0.1, -0.05) is 30.3 Å². The number of ketones is 2. The molecule has 1 aromatic rings. The molecular formula is C15H17NO3. The number of Topliss-reactive ketones (excluding diaryl/α,β-unsaturated/α-hetero) is 1. The van der Waals surface area contributed by atoms with Crippen LogP contribution in [0.15, 0.2) is 42.1 Å². The Bertz CT molecular complexity index is 493. The molecule has 0 aliphatic carbocycles. The van der Waals surface area contributed by atoms with Gasteiger partial charge in [0, 0.05) is 12.6 Å². The number of allylic oxidation sites excluding steroid dienone is 1. The maximum atomic E-state index is 12.1. The van der Waals surface area contributed by atoms with E-state index in [2.05, 4.69) is 5.32 Å². The van der Waals surface area contributed by atoms with Crippen LogP contribution < -0.4 is 5.32 Å². The summed E-state index contributed by atoms with van der Waals surface area (Å²) < 4.78 is 5.65. The zero-order valence-electron chi connectivity index (χ0n) is 10.9. The first-order chi connectivity index (χ1) is 9.16. The van der Waals surface area contributed by atoms with Gasteiger partial charge in [-0.25, -0.2) is 0 Å². The van der Waals surface area contributed by atoms with Crippen molar-refractivity contribution < 1.29 is 14.3 Å². The summed E-state index contributed by atoms with van der Waals surface area (Å²) in [5.41, 5.74) is 1.39. The lowest BCUT2D eigenvalue weighted by Gasteiger charge is -2.24. The smallest absolute Gasteiger partial charge is 0.207 e. The molecule has 4 heteroatoms. The van der Waals surface area contributed by atoms with Crippen LogP contribution in [0, 0.1) is 0 Å². The summed E-state index contributed by atoms with van der Waals surface area (Å²) in [7, 11) is 0. The largest absolute Gasteiger partial charge is 0.382 e. The second-order valence-corrected chi connectivity index (χ2v) is 4.53. The van der Waals surface area contributed by atoms with Crippen LogP contribution in [0.2, 0.25) is 0 Å². The first kappa shape index (κ1) is 13.5. The molecule has 100 valence electrons. The minimum Gasteiger partial charge on any atom is -0.382 e. The van der Waals surface area contributed by atoms with Gasteiger partial charge >= 0.3 is 0 Å². The lowest BCUT2D eigenvalue weighted by Crippen LogP contribution is -2.40. The van der Waals surface area contributed by atoms with Gasteiger partial charge in [-0.3, -0.25) is 9.59 Å². The Labute approximate surface area is 112 Å². The molecule has 0 aromatic heterocycles. The summed E-state index contributed by atoms with van der Waals surface area (Å²) in [6.45, 7) is 2.48. The van der Waals surface area contributed by atoms with Gasteiger partial charge in [0.15, 0.2) is 5.78 Å². The Kier molecular flexibility index (Phi) is 4.47. The van der Waals surface area contributed by atoms with Crippen molar-refractivity contribution in [2.75, 3.05) is 6.54 Å². The third-order valence-corrected chi connectivity index (χ3v) is 2.92. The Balaban J connectivity index is 1.97. The first-order valence-electron chi connectivity index (χ1n) is 6.32. The molecule has 0 radical (unpaired) electrons. The van der Waals surface area contributed by atoms with Gasteiger partial charge in [-0.05, 0) is 18.9 Å². The number of carbonyl (C=O) groups is 2. The number of piperidine rings is 1. The molecule has 0 saturated carbocycles. The van der Waals surface area contributed by atoms with E-state index < -0.39 is 6.10 Å². The fourth-order valence-corrected chi connectivity index (χ4v) is 1.99. The molecule has 0 amide bonds. The third kappa shape index (κ3) is 3.76. The second-order valence-electron chi connectivity index (χ2n) is 4.53. The second kappa shape index (κ2) is 6.29. The predicted molar refractivity (Wildman–Crippen MR) is 71.4 cm³/mol. The van der Waals surface area contributed by atoms with E-state index in [1.54, 1.807) is 0 Å². The summed E-state index contributed by atoms with van der Waals surface area (Å²) in [5.74, 6) is -0.281. The van der Waals surface area contributed by atoms with Crippen LogP contribution in [0.5, 0.6) is 0 Å². The molecule has 0 spiro atoms. The number of carbonyl (C=O) groups excluding carboxylic acids is 2. The van der Waals surface area contributed by atoms with Crippen LogP contribution in [0.3, 0.4) is 0 Å². The van der Waals surface area contributed by atoms with E-state index in [4.69, 9.17) is 4.74 Å². The zero-order valence-corrected chi connectivity index (χ0v) is 10.9. The Hall–Kier alpha value is -1.94. The van der Waals surface area contributed by atoms with Gasteiger partial charge < -0.3 is 10.1 Å². The van der Waals surface area contributed by atoms with Crippen molar-refractivity contribution in [1.29, 1.82) is 0 Å². The standard InChI is InChI=1S/C15H17NO3/c1-11(17)9-13-15(18)14(7-8-16-13)19-10-12-5-3-2-4-6-12/h2-6,9,14,16H,7-8,10H2,1H3/b13-9+. The van der Waals surface area contributed by atoms with Gasteiger partial charge in [0.1, 0.15) is 6.10 Å². The molecule has 1 aliphatic heterocycles. The number of ether oxygens (including phenoxy) is 1. The minimum absolute atomic E-state index is 0.139.